The largest absolute Gasteiger partial charge is 0.356 e. The molecule has 0 bridgehead atoms. The lowest BCUT2D eigenvalue weighted by Gasteiger charge is -2.17. The molecule has 0 saturated carbocycles. The molecule has 0 amide bonds. The zero-order valence-corrected chi connectivity index (χ0v) is 14.3. The predicted octanol–water partition coefficient (Wildman–Crippen LogP) is 4.08. The third-order valence-electron chi connectivity index (χ3n) is 3.26. The van der Waals surface area contributed by atoms with Gasteiger partial charge in [-0.2, -0.15) is 5.10 Å². The lowest BCUT2D eigenvalue weighted by Crippen LogP contribution is -2.31. The van der Waals surface area contributed by atoms with Crippen molar-refractivity contribution in [3.63, 3.8) is 0 Å². The minimum absolute atomic E-state index is 0.0569. The van der Waals surface area contributed by atoms with Crippen LogP contribution >= 0.6 is 35.4 Å². The monoisotopic (exact) mass is 342 g/mol. The van der Waals surface area contributed by atoms with Crippen LogP contribution in [0.5, 0.6) is 0 Å². The van der Waals surface area contributed by atoms with Crippen LogP contribution in [0.3, 0.4) is 0 Å². The van der Waals surface area contributed by atoms with Gasteiger partial charge in [0.05, 0.1) is 22.3 Å². The summed E-state index contributed by atoms with van der Waals surface area (Å²) in [6.45, 7) is 4.06. The Morgan fingerprint density at radius 1 is 1.33 bits per heavy atom. The van der Waals surface area contributed by atoms with E-state index < -0.39 is 0 Å². The first-order valence-electron chi connectivity index (χ1n) is 6.39. The highest BCUT2D eigenvalue weighted by Crippen LogP contribution is 2.25. The van der Waals surface area contributed by atoms with E-state index in [1.54, 1.807) is 12.1 Å². The molecule has 1 aromatic heterocycles. The number of aryl methyl sites for hydroxylation is 1. The molecule has 0 aliphatic carbocycles. The molecule has 0 radical (unpaired) electrons. The molecule has 112 valence electrons. The van der Waals surface area contributed by atoms with E-state index in [1.807, 2.05) is 37.8 Å². The van der Waals surface area contributed by atoms with E-state index in [0.29, 0.717) is 15.2 Å². The maximum atomic E-state index is 5.98. The number of benzene rings is 1. The Kier molecular flexibility index (Phi) is 5.08. The van der Waals surface area contributed by atoms with Gasteiger partial charge in [-0.15, -0.1) is 0 Å². The number of hydrogen-bond donors (Lipinski definition) is 2. The van der Waals surface area contributed by atoms with Crippen molar-refractivity contribution in [2.45, 2.75) is 19.9 Å². The first-order valence-corrected chi connectivity index (χ1v) is 7.56. The lowest BCUT2D eigenvalue weighted by atomic mass is 10.1. The summed E-state index contributed by atoms with van der Waals surface area (Å²) in [5, 5.41) is 12.1. The van der Waals surface area contributed by atoms with E-state index in [9.17, 15) is 0 Å². The standard InChI is InChI=1S/C14H16Cl2N4S/c1-8(11-7-17-20(3)9(11)2)18-14(21)19-10-4-5-12(15)13(16)6-10/h4-8H,1-3H3,(H2,18,19,21). The fourth-order valence-corrected chi connectivity index (χ4v) is 2.55. The van der Waals surface area contributed by atoms with Gasteiger partial charge in [0.2, 0.25) is 0 Å². The van der Waals surface area contributed by atoms with Crippen LogP contribution in [0.2, 0.25) is 10.0 Å². The highest BCUT2D eigenvalue weighted by atomic mass is 35.5. The Labute approximate surface area is 139 Å². The molecule has 2 N–H and O–H groups in total. The minimum Gasteiger partial charge on any atom is -0.356 e. The molecule has 2 aromatic rings. The van der Waals surface area contributed by atoms with Crippen molar-refractivity contribution in [1.82, 2.24) is 15.1 Å². The smallest absolute Gasteiger partial charge is 0.171 e. The Morgan fingerprint density at radius 3 is 2.62 bits per heavy atom. The third kappa shape index (κ3) is 3.87. The molecule has 1 atom stereocenters. The number of nitrogens with zero attached hydrogens (tertiary/aromatic N) is 2. The molecule has 1 unspecified atom stereocenters. The maximum absolute atomic E-state index is 5.98. The number of rotatable bonds is 3. The van der Waals surface area contributed by atoms with Crippen molar-refractivity contribution in [3.05, 3.63) is 45.7 Å². The number of thiocarbonyl (C=S) groups is 1. The fourth-order valence-electron chi connectivity index (χ4n) is 1.96. The van der Waals surface area contributed by atoms with Gasteiger partial charge >= 0.3 is 0 Å². The van der Waals surface area contributed by atoms with Crippen LogP contribution in [0.1, 0.15) is 24.2 Å². The molecule has 7 heteroatoms. The molecular weight excluding hydrogens is 327 g/mol. The first kappa shape index (κ1) is 16.1. The Bertz CT molecular complexity index is 669. The summed E-state index contributed by atoms with van der Waals surface area (Å²) in [4.78, 5) is 0. The van der Waals surface area contributed by atoms with Gasteiger partial charge in [-0.05, 0) is 44.3 Å². The second kappa shape index (κ2) is 6.64. The quantitative estimate of drug-likeness (QED) is 0.824. The van der Waals surface area contributed by atoms with Crippen LogP contribution in [0, 0.1) is 6.92 Å². The number of nitrogens with one attached hydrogen (secondary N) is 2. The zero-order valence-electron chi connectivity index (χ0n) is 11.9. The Morgan fingerprint density at radius 2 is 2.05 bits per heavy atom. The fraction of sp³-hybridized carbons (Fsp3) is 0.286. The van der Waals surface area contributed by atoms with Crippen LogP contribution in [-0.4, -0.2) is 14.9 Å². The van der Waals surface area contributed by atoms with Crippen LogP contribution in [-0.2, 0) is 7.05 Å². The second-order valence-electron chi connectivity index (χ2n) is 4.76. The molecule has 0 aliphatic rings. The van der Waals surface area contributed by atoms with Crippen molar-refractivity contribution in [2.75, 3.05) is 5.32 Å². The van der Waals surface area contributed by atoms with E-state index in [2.05, 4.69) is 15.7 Å². The van der Waals surface area contributed by atoms with Gasteiger partial charge in [0.15, 0.2) is 5.11 Å². The van der Waals surface area contributed by atoms with Gasteiger partial charge in [-0.3, -0.25) is 4.68 Å². The zero-order chi connectivity index (χ0) is 15.6. The van der Waals surface area contributed by atoms with Gasteiger partial charge in [-0.25, -0.2) is 0 Å². The highest BCUT2D eigenvalue weighted by molar-refractivity contribution is 7.80. The average Bonchev–Trinajstić information content (AvgIpc) is 2.74. The third-order valence-corrected chi connectivity index (χ3v) is 4.22. The molecule has 0 aliphatic heterocycles. The molecule has 21 heavy (non-hydrogen) atoms. The van der Waals surface area contributed by atoms with Gasteiger partial charge in [0.1, 0.15) is 0 Å². The van der Waals surface area contributed by atoms with Crippen LogP contribution in [0.25, 0.3) is 0 Å². The summed E-state index contributed by atoms with van der Waals surface area (Å²) < 4.78 is 1.84. The Hall–Kier alpha value is -1.30. The van der Waals surface area contributed by atoms with E-state index in [4.69, 9.17) is 35.4 Å². The average molecular weight is 343 g/mol. The first-order chi connectivity index (χ1) is 9.88. The highest BCUT2D eigenvalue weighted by Gasteiger charge is 2.13. The van der Waals surface area contributed by atoms with E-state index >= 15 is 0 Å². The van der Waals surface area contributed by atoms with Gasteiger partial charge < -0.3 is 10.6 Å². The van der Waals surface area contributed by atoms with E-state index in [0.717, 1.165) is 16.9 Å². The van der Waals surface area contributed by atoms with Gasteiger partial charge in [0.25, 0.3) is 0 Å². The summed E-state index contributed by atoms with van der Waals surface area (Å²) in [6, 6.07) is 5.34. The predicted molar refractivity (Wildman–Crippen MR) is 92.2 cm³/mol. The van der Waals surface area contributed by atoms with Crippen LogP contribution < -0.4 is 10.6 Å². The topological polar surface area (TPSA) is 41.9 Å². The summed E-state index contributed by atoms with van der Waals surface area (Å²) in [7, 11) is 1.91. The van der Waals surface area contributed by atoms with Crippen LogP contribution in [0.4, 0.5) is 5.69 Å². The number of aromatic nitrogens is 2. The molecule has 2 rings (SSSR count). The molecular formula is C14H16Cl2N4S. The molecule has 1 aromatic carbocycles. The van der Waals surface area contributed by atoms with Crippen LogP contribution in [0.15, 0.2) is 24.4 Å². The molecule has 0 fully saturated rings. The summed E-state index contributed by atoms with van der Waals surface area (Å²) in [5.74, 6) is 0. The van der Waals surface area contributed by atoms with Gasteiger partial charge in [0, 0.05) is 24.0 Å². The molecule has 0 spiro atoms. The normalized spacial score (nSPS) is 12.0. The number of hydrogen-bond acceptors (Lipinski definition) is 2. The second-order valence-corrected chi connectivity index (χ2v) is 5.98. The number of anilines is 1. The Balaban J connectivity index is 2.01. The molecule has 4 nitrogen and oxygen atoms in total. The molecule has 1 heterocycles. The maximum Gasteiger partial charge on any atom is 0.171 e. The molecule has 0 saturated heterocycles. The van der Waals surface area contributed by atoms with E-state index in [-0.39, 0.29) is 6.04 Å². The van der Waals surface area contributed by atoms with Crippen molar-refractivity contribution >= 4 is 46.2 Å². The summed E-state index contributed by atoms with van der Waals surface area (Å²) in [5.41, 5.74) is 3.00. The minimum atomic E-state index is 0.0569. The van der Waals surface area contributed by atoms with Crippen molar-refractivity contribution in [3.8, 4) is 0 Å². The van der Waals surface area contributed by atoms with Crippen molar-refractivity contribution in [2.24, 2.45) is 7.05 Å². The van der Waals surface area contributed by atoms with Crippen molar-refractivity contribution < 1.29 is 0 Å². The van der Waals surface area contributed by atoms with Gasteiger partial charge in [-0.1, -0.05) is 23.2 Å². The van der Waals surface area contributed by atoms with E-state index in [1.165, 1.54) is 0 Å². The summed E-state index contributed by atoms with van der Waals surface area (Å²) in [6.07, 6.45) is 1.84. The number of halogens is 2. The lowest BCUT2D eigenvalue weighted by molar-refractivity contribution is 0.701. The SMILES string of the molecule is Cc1c(C(C)NC(=S)Nc2ccc(Cl)c(Cl)c2)cnn1C. The van der Waals surface area contributed by atoms with Crippen molar-refractivity contribution in [1.29, 1.82) is 0 Å². The summed E-state index contributed by atoms with van der Waals surface area (Å²) >= 11 is 17.2.